The van der Waals surface area contributed by atoms with Crippen molar-refractivity contribution >= 4 is 5.91 Å². The molecular formula is C14H29NO. The molecule has 1 amide bonds. The third kappa shape index (κ3) is 5.53. The Hall–Kier alpha value is -0.530. The van der Waals surface area contributed by atoms with Crippen molar-refractivity contribution in [2.75, 3.05) is 0 Å². The van der Waals surface area contributed by atoms with Crippen molar-refractivity contribution in [1.82, 2.24) is 5.32 Å². The molecule has 1 saturated carbocycles. The summed E-state index contributed by atoms with van der Waals surface area (Å²) in [5.41, 5.74) is 0.485. The van der Waals surface area contributed by atoms with E-state index in [0.717, 1.165) is 12.8 Å². The van der Waals surface area contributed by atoms with Crippen LogP contribution < -0.4 is 5.32 Å². The van der Waals surface area contributed by atoms with Crippen molar-refractivity contribution in [3.63, 3.8) is 0 Å². The maximum atomic E-state index is 11.5. The second kappa shape index (κ2) is 6.93. The van der Waals surface area contributed by atoms with Gasteiger partial charge in [0.2, 0.25) is 5.91 Å². The van der Waals surface area contributed by atoms with E-state index in [-0.39, 0.29) is 11.8 Å². The van der Waals surface area contributed by atoms with Gasteiger partial charge in [0.05, 0.1) is 0 Å². The summed E-state index contributed by atoms with van der Waals surface area (Å²) in [5.74, 6) is 0.319. The molecule has 0 bridgehead atoms. The average molecular weight is 227 g/mol. The van der Waals surface area contributed by atoms with Crippen LogP contribution in [0.4, 0.5) is 0 Å². The van der Waals surface area contributed by atoms with Crippen molar-refractivity contribution in [2.45, 2.75) is 73.3 Å². The average Bonchev–Trinajstić information content (AvgIpc) is 2.24. The lowest BCUT2D eigenvalue weighted by atomic mass is 9.75. The van der Waals surface area contributed by atoms with Crippen molar-refractivity contribution < 1.29 is 4.79 Å². The molecule has 0 aromatic rings. The van der Waals surface area contributed by atoms with Gasteiger partial charge in [0.1, 0.15) is 0 Å². The van der Waals surface area contributed by atoms with Gasteiger partial charge in [0.15, 0.2) is 0 Å². The summed E-state index contributed by atoms with van der Waals surface area (Å²) in [5, 5.41) is 3.12. The largest absolute Gasteiger partial charge is 0.353 e. The Morgan fingerprint density at radius 1 is 1.19 bits per heavy atom. The van der Waals surface area contributed by atoms with E-state index in [9.17, 15) is 4.79 Å². The first-order valence-corrected chi connectivity index (χ1v) is 6.71. The highest BCUT2D eigenvalue weighted by atomic mass is 16.1. The Balaban J connectivity index is 0.00000106. The number of hydrogen-bond acceptors (Lipinski definition) is 1. The van der Waals surface area contributed by atoms with Gasteiger partial charge in [-0.25, -0.2) is 0 Å². The predicted octanol–water partition coefficient (Wildman–Crippen LogP) is 3.75. The molecule has 1 rings (SSSR count). The fraction of sp³-hybridized carbons (Fsp3) is 0.929. The van der Waals surface area contributed by atoms with Gasteiger partial charge in [0.25, 0.3) is 0 Å². The van der Waals surface area contributed by atoms with Gasteiger partial charge in [-0.05, 0) is 31.1 Å². The lowest BCUT2D eigenvalue weighted by Crippen LogP contribution is -2.41. The van der Waals surface area contributed by atoms with Crippen LogP contribution in [0.15, 0.2) is 0 Å². The summed E-state index contributed by atoms with van der Waals surface area (Å²) in [4.78, 5) is 11.5. The number of carbonyl (C=O) groups is 1. The molecular weight excluding hydrogens is 198 g/mol. The molecule has 0 radical (unpaired) electrons. The van der Waals surface area contributed by atoms with E-state index >= 15 is 0 Å². The molecule has 0 heterocycles. The number of rotatable bonds is 2. The SMILES string of the molecule is CC.CC(C)C(=O)NC1CCC(C)(C)CC1. The summed E-state index contributed by atoms with van der Waals surface area (Å²) in [7, 11) is 0. The Morgan fingerprint density at radius 3 is 2.00 bits per heavy atom. The number of nitrogens with one attached hydrogen (secondary N) is 1. The van der Waals surface area contributed by atoms with Crippen LogP contribution in [0, 0.1) is 11.3 Å². The maximum absolute atomic E-state index is 11.5. The van der Waals surface area contributed by atoms with Gasteiger partial charge in [-0.1, -0.05) is 41.5 Å². The molecule has 2 nitrogen and oxygen atoms in total. The van der Waals surface area contributed by atoms with E-state index in [1.165, 1.54) is 12.8 Å². The highest BCUT2D eigenvalue weighted by molar-refractivity contribution is 5.78. The topological polar surface area (TPSA) is 29.1 Å². The normalized spacial score (nSPS) is 19.9. The third-order valence-corrected chi connectivity index (χ3v) is 3.21. The van der Waals surface area contributed by atoms with Gasteiger partial charge in [-0.2, -0.15) is 0 Å². The maximum Gasteiger partial charge on any atom is 0.222 e. The lowest BCUT2D eigenvalue weighted by molar-refractivity contribution is -0.125. The highest BCUT2D eigenvalue weighted by Gasteiger charge is 2.27. The molecule has 0 aromatic heterocycles. The molecule has 1 aliphatic carbocycles. The lowest BCUT2D eigenvalue weighted by Gasteiger charge is -2.34. The molecule has 0 unspecified atom stereocenters. The number of hydrogen-bond donors (Lipinski definition) is 1. The molecule has 1 aliphatic rings. The van der Waals surface area contributed by atoms with Crippen molar-refractivity contribution in [3.8, 4) is 0 Å². The Bertz CT molecular complexity index is 199. The van der Waals surface area contributed by atoms with E-state index in [1.807, 2.05) is 27.7 Å². The first-order chi connectivity index (χ1) is 7.41. The zero-order chi connectivity index (χ0) is 12.8. The van der Waals surface area contributed by atoms with E-state index < -0.39 is 0 Å². The quantitative estimate of drug-likeness (QED) is 0.764. The van der Waals surface area contributed by atoms with Crippen LogP contribution in [-0.4, -0.2) is 11.9 Å². The number of amides is 1. The highest BCUT2D eigenvalue weighted by Crippen LogP contribution is 2.34. The monoisotopic (exact) mass is 227 g/mol. The van der Waals surface area contributed by atoms with E-state index in [2.05, 4.69) is 19.2 Å². The van der Waals surface area contributed by atoms with E-state index in [0.29, 0.717) is 11.5 Å². The fourth-order valence-electron chi connectivity index (χ4n) is 1.91. The van der Waals surface area contributed by atoms with Crippen LogP contribution >= 0.6 is 0 Å². The Morgan fingerprint density at radius 2 is 1.62 bits per heavy atom. The second-order valence-electron chi connectivity index (χ2n) is 5.60. The molecule has 0 aliphatic heterocycles. The van der Waals surface area contributed by atoms with Gasteiger partial charge in [-0.15, -0.1) is 0 Å². The van der Waals surface area contributed by atoms with Crippen LogP contribution in [0.3, 0.4) is 0 Å². The molecule has 2 heteroatoms. The Labute approximate surface area is 101 Å². The first kappa shape index (κ1) is 15.5. The smallest absolute Gasteiger partial charge is 0.222 e. The van der Waals surface area contributed by atoms with Crippen LogP contribution in [0.25, 0.3) is 0 Å². The van der Waals surface area contributed by atoms with Crippen LogP contribution in [-0.2, 0) is 4.79 Å². The summed E-state index contributed by atoms with van der Waals surface area (Å²) in [6.45, 7) is 12.5. The van der Waals surface area contributed by atoms with Gasteiger partial charge in [-0.3, -0.25) is 4.79 Å². The minimum atomic E-state index is 0.116. The molecule has 96 valence electrons. The van der Waals surface area contributed by atoms with Crippen LogP contribution in [0.5, 0.6) is 0 Å². The van der Waals surface area contributed by atoms with E-state index in [1.54, 1.807) is 0 Å². The first-order valence-electron chi connectivity index (χ1n) is 6.71. The molecule has 0 saturated heterocycles. The van der Waals surface area contributed by atoms with Crippen LogP contribution in [0.1, 0.15) is 67.2 Å². The van der Waals surface area contributed by atoms with Crippen molar-refractivity contribution in [2.24, 2.45) is 11.3 Å². The molecule has 0 atom stereocenters. The van der Waals surface area contributed by atoms with Gasteiger partial charge < -0.3 is 5.32 Å². The predicted molar refractivity (Wildman–Crippen MR) is 70.4 cm³/mol. The third-order valence-electron chi connectivity index (χ3n) is 3.21. The van der Waals surface area contributed by atoms with Crippen LogP contribution in [0.2, 0.25) is 0 Å². The zero-order valence-electron chi connectivity index (χ0n) is 11.9. The standard InChI is InChI=1S/C12H23NO.C2H6/c1-9(2)11(14)13-10-5-7-12(3,4)8-6-10;1-2/h9-10H,5-8H2,1-4H3,(H,13,14);1-2H3. The Kier molecular flexibility index (Phi) is 6.70. The minimum Gasteiger partial charge on any atom is -0.353 e. The molecule has 16 heavy (non-hydrogen) atoms. The zero-order valence-corrected chi connectivity index (χ0v) is 11.9. The van der Waals surface area contributed by atoms with Crippen molar-refractivity contribution in [3.05, 3.63) is 0 Å². The molecule has 1 fully saturated rings. The van der Waals surface area contributed by atoms with Gasteiger partial charge >= 0.3 is 0 Å². The van der Waals surface area contributed by atoms with Crippen molar-refractivity contribution in [1.29, 1.82) is 0 Å². The summed E-state index contributed by atoms with van der Waals surface area (Å²) in [6, 6.07) is 0.429. The van der Waals surface area contributed by atoms with E-state index in [4.69, 9.17) is 0 Å². The summed E-state index contributed by atoms with van der Waals surface area (Å²) < 4.78 is 0. The summed E-state index contributed by atoms with van der Waals surface area (Å²) in [6.07, 6.45) is 4.75. The molecule has 1 N–H and O–H groups in total. The minimum absolute atomic E-state index is 0.116. The van der Waals surface area contributed by atoms with Gasteiger partial charge in [0, 0.05) is 12.0 Å². The molecule has 0 aromatic carbocycles. The fourth-order valence-corrected chi connectivity index (χ4v) is 1.91. The summed E-state index contributed by atoms with van der Waals surface area (Å²) >= 11 is 0. The number of carbonyl (C=O) groups excluding carboxylic acids is 1. The second-order valence-corrected chi connectivity index (χ2v) is 5.60. The molecule has 0 spiro atoms.